The molecule has 3 aliphatic heterocycles. The molecule has 0 unspecified atom stereocenters. The van der Waals surface area contributed by atoms with E-state index in [0.29, 0.717) is 17.9 Å². The second-order valence-electron chi connectivity index (χ2n) is 11.7. The van der Waals surface area contributed by atoms with Crippen LogP contribution in [0.5, 0.6) is 0 Å². The molecule has 3 aliphatic rings. The molecule has 49 heavy (non-hydrogen) atoms. The molecule has 286 valence electrons. The van der Waals surface area contributed by atoms with Crippen LogP contribution in [-0.4, -0.2) is 194 Å². The molecule has 2 amide bonds. The third kappa shape index (κ3) is 11.8. The molecule has 3 rings (SSSR count). The van der Waals surface area contributed by atoms with Gasteiger partial charge in [-0.3, -0.25) is 9.59 Å². The Balaban J connectivity index is 1.80. The first-order valence-electron chi connectivity index (χ1n) is 15.9. The van der Waals surface area contributed by atoms with Crippen molar-refractivity contribution in [1.29, 1.82) is 0 Å². The quantitative estimate of drug-likeness (QED) is 0.0461. The Hall–Kier alpha value is -0.960. The zero-order valence-electron chi connectivity index (χ0n) is 27.1. The lowest BCUT2D eigenvalue weighted by atomic mass is 9.94. The molecule has 0 aromatic rings. The second-order valence-corrected chi connectivity index (χ2v) is 14.4. The van der Waals surface area contributed by atoms with Gasteiger partial charge in [-0.05, 0) is 13.3 Å². The number of hydrogen-bond acceptors (Lipinski definition) is 19. The molecule has 19 nitrogen and oxygen atoms in total. The summed E-state index contributed by atoms with van der Waals surface area (Å²) in [5, 5.41) is 96.7. The first kappa shape index (κ1) is 42.5. The van der Waals surface area contributed by atoms with E-state index in [2.05, 4.69) is 10.6 Å². The Morgan fingerprint density at radius 1 is 0.735 bits per heavy atom. The Labute approximate surface area is 290 Å². The first-order valence-corrected chi connectivity index (χ1v) is 18.4. The third-order valence-electron chi connectivity index (χ3n) is 8.03. The summed E-state index contributed by atoms with van der Waals surface area (Å²) in [4.78, 5) is 24.7. The summed E-state index contributed by atoms with van der Waals surface area (Å²) in [6, 6.07) is -1.32. The van der Waals surface area contributed by atoms with Gasteiger partial charge in [0.05, 0.1) is 32.5 Å². The van der Waals surface area contributed by atoms with Crippen molar-refractivity contribution in [2.75, 3.05) is 44.5 Å². The lowest BCUT2D eigenvalue weighted by Crippen LogP contribution is -2.69. The average Bonchev–Trinajstić information content (AvgIpc) is 3.07. The predicted molar refractivity (Wildman–Crippen MR) is 169 cm³/mol. The van der Waals surface area contributed by atoms with Crippen LogP contribution in [0.2, 0.25) is 0 Å². The number of rotatable bonds is 18. The van der Waals surface area contributed by atoms with E-state index in [0.717, 1.165) is 0 Å². The van der Waals surface area contributed by atoms with Gasteiger partial charge in [-0.2, -0.15) is 0 Å². The van der Waals surface area contributed by atoms with Crippen LogP contribution in [0.4, 0.5) is 0 Å². The van der Waals surface area contributed by atoms with Crippen molar-refractivity contribution < 1.29 is 84.0 Å². The van der Waals surface area contributed by atoms with Crippen LogP contribution in [0.15, 0.2) is 0 Å². The minimum Gasteiger partial charge on any atom is -0.395 e. The molecule has 0 radical (unpaired) electrons. The van der Waals surface area contributed by atoms with Crippen molar-refractivity contribution in [2.24, 2.45) is 0 Å². The number of ether oxygens (including phenoxy) is 6. The number of carbonyl (C=O) groups excluding carboxylic acids is 2. The Kier molecular flexibility index (Phi) is 18.1. The van der Waals surface area contributed by atoms with Gasteiger partial charge in [-0.25, -0.2) is 0 Å². The van der Waals surface area contributed by atoms with Crippen LogP contribution in [0.1, 0.15) is 26.7 Å². The van der Waals surface area contributed by atoms with Gasteiger partial charge < -0.3 is 85.0 Å². The topological polar surface area (TPSA) is 296 Å². The number of aliphatic hydroxyl groups excluding tert-OH is 9. The number of hydrogen-bond donors (Lipinski definition) is 11. The smallest absolute Gasteiger partial charge is 0.220 e. The van der Waals surface area contributed by atoms with Gasteiger partial charge in [0, 0.05) is 31.4 Å². The Morgan fingerprint density at radius 3 is 1.96 bits per heavy atom. The second kappa shape index (κ2) is 20.9. The summed E-state index contributed by atoms with van der Waals surface area (Å²) < 4.78 is 34.9. The number of amides is 2. The molecule has 3 fully saturated rings. The summed E-state index contributed by atoms with van der Waals surface area (Å²) >= 11 is 0. The lowest BCUT2D eigenvalue weighted by Gasteiger charge is -2.50. The van der Waals surface area contributed by atoms with Gasteiger partial charge in [0.1, 0.15) is 67.1 Å². The fraction of sp³-hybridized carbons (Fsp3) is 0.929. The molecular weight excluding hydrogens is 700 g/mol. The molecule has 0 aromatic carbocycles. The SMILES string of the molecule is CC(=O)N[C@H]1[C@H](OCCNC(=O)CCCSSCCO)O[C@H](CO)[C@@H](O[C@@H]2O[C@@H](C)[C@@H](O)[C@@H](O)[C@@H]2O)[C@@H]1O[C@@H]1O[C@H](CO)[C@H](O)[C@H](O)[C@H]1O. The minimum atomic E-state index is -1.89. The zero-order valence-corrected chi connectivity index (χ0v) is 28.8. The first-order chi connectivity index (χ1) is 23.3. The van der Waals surface area contributed by atoms with E-state index in [1.54, 1.807) is 10.8 Å². The number of aliphatic hydroxyl groups is 9. The molecule has 11 N–H and O–H groups in total. The summed E-state index contributed by atoms with van der Waals surface area (Å²) in [5.41, 5.74) is 0. The van der Waals surface area contributed by atoms with Gasteiger partial charge in [0.2, 0.25) is 11.8 Å². The third-order valence-corrected chi connectivity index (χ3v) is 10.5. The maximum Gasteiger partial charge on any atom is 0.220 e. The lowest BCUT2D eigenvalue weighted by molar-refractivity contribution is -0.373. The van der Waals surface area contributed by atoms with E-state index in [4.69, 9.17) is 33.5 Å². The molecule has 3 heterocycles. The predicted octanol–water partition coefficient (Wildman–Crippen LogP) is -5.11. The van der Waals surface area contributed by atoms with Crippen molar-refractivity contribution >= 4 is 33.4 Å². The molecule has 15 atom stereocenters. The highest BCUT2D eigenvalue weighted by atomic mass is 33.1. The van der Waals surface area contributed by atoms with Gasteiger partial charge in [0.25, 0.3) is 0 Å². The van der Waals surface area contributed by atoms with Gasteiger partial charge in [-0.15, -0.1) is 0 Å². The summed E-state index contributed by atoms with van der Waals surface area (Å²) in [7, 11) is 3.06. The van der Waals surface area contributed by atoms with Crippen molar-refractivity contribution in [3.8, 4) is 0 Å². The van der Waals surface area contributed by atoms with E-state index < -0.39 is 111 Å². The highest BCUT2D eigenvalue weighted by Crippen LogP contribution is 2.34. The highest BCUT2D eigenvalue weighted by molar-refractivity contribution is 8.76. The largest absolute Gasteiger partial charge is 0.395 e. The fourth-order valence-electron chi connectivity index (χ4n) is 5.42. The zero-order chi connectivity index (χ0) is 36.2. The minimum absolute atomic E-state index is 0.0278. The molecule has 0 aromatic heterocycles. The molecule has 0 spiro atoms. The molecule has 0 saturated carbocycles. The Bertz CT molecular complexity index is 1010. The standard InChI is InChI=1S/C28H50N2O17S2/c1-12-18(36)20(38)22(40)27(43-12)46-24-15(11-33)45-26(42-7-5-29-16(35)4-3-8-48-49-9-6-31)17(30-13(2)34)25(24)47-28-23(41)21(39)19(37)14(10-32)44-28/h12,14-15,17-28,31-33,36-41H,3-11H2,1-2H3,(H,29,35)(H,30,34)/t12-,14+,15+,17+,18+,19-,20+,21-,22-,23+,24+,25+,26+,27-,28-/m0/s1. The van der Waals surface area contributed by atoms with E-state index in [9.17, 15) is 50.4 Å². The van der Waals surface area contributed by atoms with Crippen LogP contribution >= 0.6 is 21.6 Å². The fourth-order valence-corrected chi connectivity index (χ4v) is 7.28. The van der Waals surface area contributed by atoms with E-state index >= 15 is 0 Å². The van der Waals surface area contributed by atoms with Crippen molar-refractivity contribution in [1.82, 2.24) is 10.6 Å². The van der Waals surface area contributed by atoms with Gasteiger partial charge in [-0.1, -0.05) is 21.6 Å². The maximum atomic E-state index is 12.4. The highest BCUT2D eigenvalue weighted by Gasteiger charge is 2.54. The molecular formula is C28H50N2O17S2. The Morgan fingerprint density at radius 2 is 1.33 bits per heavy atom. The summed E-state index contributed by atoms with van der Waals surface area (Å²) in [6.45, 7) is 1.01. The number of carbonyl (C=O) groups is 2. The maximum absolute atomic E-state index is 12.4. The summed E-state index contributed by atoms with van der Waals surface area (Å²) in [6.07, 6.45) is -21.1. The number of nitrogens with one attached hydrogen (secondary N) is 2. The van der Waals surface area contributed by atoms with Crippen LogP contribution < -0.4 is 10.6 Å². The van der Waals surface area contributed by atoms with Crippen LogP contribution in [-0.2, 0) is 38.0 Å². The van der Waals surface area contributed by atoms with Crippen LogP contribution in [0.25, 0.3) is 0 Å². The van der Waals surface area contributed by atoms with E-state index in [-0.39, 0.29) is 32.1 Å². The average molecular weight is 751 g/mol. The molecule has 0 aliphatic carbocycles. The van der Waals surface area contributed by atoms with Gasteiger partial charge in [0.15, 0.2) is 18.9 Å². The van der Waals surface area contributed by atoms with Crippen molar-refractivity contribution in [3.63, 3.8) is 0 Å². The molecule has 21 heteroatoms. The van der Waals surface area contributed by atoms with Crippen LogP contribution in [0.3, 0.4) is 0 Å². The van der Waals surface area contributed by atoms with E-state index in [1.165, 1.54) is 24.6 Å². The molecule has 3 saturated heterocycles. The van der Waals surface area contributed by atoms with Gasteiger partial charge >= 0.3 is 0 Å². The monoisotopic (exact) mass is 750 g/mol. The van der Waals surface area contributed by atoms with E-state index in [1.807, 2.05) is 0 Å². The van der Waals surface area contributed by atoms with Crippen molar-refractivity contribution in [3.05, 3.63) is 0 Å². The normalized spacial score (nSPS) is 39.8. The van der Waals surface area contributed by atoms with Crippen molar-refractivity contribution in [2.45, 2.75) is 119 Å². The molecule has 0 bridgehead atoms. The summed E-state index contributed by atoms with van der Waals surface area (Å²) in [5.74, 6) is 0.456. The van der Waals surface area contributed by atoms with Crippen LogP contribution in [0, 0.1) is 0 Å².